The van der Waals surface area contributed by atoms with Gasteiger partial charge in [-0.25, -0.2) is 4.79 Å². The number of aromatic amines is 1. The Morgan fingerprint density at radius 1 is 0.972 bits per heavy atom. The number of rotatable bonds is 5. The van der Waals surface area contributed by atoms with Crippen molar-refractivity contribution in [3.8, 4) is 17.2 Å². The van der Waals surface area contributed by atoms with E-state index >= 15 is 0 Å². The maximum absolute atomic E-state index is 13.1. The van der Waals surface area contributed by atoms with Gasteiger partial charge in [-0.15, -0.1) is 0 Å². The number of esters is 1. The Balaban J connectivity index is 1.19. The Bertz CT molecular complexity index is 1510. The van der Waals surface area contributed by atoms with Gasteiger partial charge in [0.1, 0.15) is 13.2 Å². The number of H-pyrrole nitrogens is 1. The lowest BCUT2D eigenvalue weighted by Crippen LogP contribution is -2.16. The second kappa shape index (κ2) is 8.90. The van der Waals surface area contributed by atoms with Crippen LogP contribution in [0.1, 0.15) is 56.2 Å². The van der Waals surface area contributed by atoms with Crippen LogP contribution >= 0.6 is 0 Å². The van der Waals surface area contributed by atoms with E-state index < -0.39 is 5.97 Å². The van der Waals surface area contributed by atoms with Crippen LogP contribution in [0.25, 0.3) is 16.6 Å². The highest BCUT2D eigenvalue weighted by Crippen LogP contribution is 2.34. The first-order valence-corrected chi connectivity index (χ1v) is 12.4. The van der Waals surface area contributed by atoms with Crippen molar-refractivity contribution in [3.63, 3.8) is 0 Å². The van der Waals surface area contributed by atoms with Gasteiger partial charge in [-0.05, 0) is 81.5 Å². The quantitative estimate of drug-likeness (QED) is 0.308. The molecule has 4 aromatic rings. The number of Topliss-reactive ketones (excluding diaryl/α,β-unsaturated/α-hetero) is 1. The molecule has 0 bridgehead atoms. The molecule has 2 aromatic heterocycles. The number of aryl methyl sites for hydroxylation is 3. The molecule has 7 nitrogen and oxygen atoms in total. The van der Waals surface area contributed by atoms with E-state index in [4.69, 9.17) is 14.2 Å². The van der Waals surface area contributed by atoms with Crippen LogP contribution in [0.5, 0.6) is 11.5 Å². The predicted molar refractivity (Wildman–Crippen MR) is 136 cm³/mol. The number of hydrogen-bond acceptors (Lipinski definition) is 5. The predicted octanol–water partition coefficient (Wildman–Crippen LogP) is 5.27. The number of carbonyl (C=O) groups excluding carboxylic acids is 2. The average molecular weight is 485 g/mol. The van der Waals surface area contributed by atoms with Gasteiger partial charge < -0.3 is 23.8 Å². The molecule has 2 aliphatic rings. The van der Waals surface area contributed by atoms with Crippen LogP contribution in [-0.4, -0.2) is 41.1 Å². The molecule has 184 valence electrons. The maximum atomic E-state index is 13.1. The van der Waals surface area contributed by atoms with Crippen LogP contribution in [0, 0.1) is 13.8 Å². The lowest BCUT2D eigenvalue weighted by Gasteiger charge is -2.20. The molecule has 0 spiro atoms. The van der Waals surface area contributed by atoms with Crippen LogP contribution in [0.2, 0.25) is 0 Å². The van der Waals surface area contributed by atoms with Gasteiger partial charge in [-0.1, -0.05) is 0 Å². The molecule has 0 atom stereocenters. The first kappa shape index (κ1) is 22.5. The van der Waals surface area contributed by atoms with E-state index in [1.54, 1.807) is 6.07 Å². The molecular formula is C29H28N2O5. The van der Waals surface area contributed by atoms with E-state index in [1.807, 2.05) is 54.8 Å². The minimum absolute atomic E-state index is 0.236. The smallest absolute Gasteiger partial charge is 0.338 e. The molecule has 1 aliphatic carbocycles. The SMILES string of the molecule is Cc1cc(C(=O)COC(=O)c2ccc3[nH]c4c(c3c2)CCCC4)c(C)n1-c1ccc2c(c1)OCCO2. The normalized spacial score (nSPS) is 14.5. The first-order chi connectivity index (χ1) is 17.5. The van der Waals surface area contributed by atoms with Crippen LogP contribution in [-0.2, 0) is 17.6 Å². The number of aromatic nitrogens is 2. The van der Waals surface area contributed by atoms with Crippen LogP contribution in [0.4, 0.5) is 0 Å². The zero-order chi connectivity index (χ0) is 24.8. The highest BCUT2D eigenvalue weighted by Gasteiger charge is 2.21. The minimum Gasteiger partial charge on any atom is -0.486 e. The summed E-state index contributed by atoms with van der Waals surface area (Å²) in [4.78, 5) is 29.3. The summed E-state index contributed by atoms with van der Waals surface area (Å²) in [6.45, 7) is 4.57. The Kier molecular flexibility index (Phi) is 5.55. The molecular weight excluding hydrogens is 456 g/mol. The van der Waals surface area contributed by atoms with Crippen molar-refractivity contribution in [3.05, 3.63) is 76.2 Å². The summed E-state index contributed by atoms with van der Waals surface area (Å²) in [5.74, 6) is 0.680. The van der Waals surface area contributed by atoms with E-state index in [0.717, 1.165) is 47.2 Å². The summed E-state index contributed by atoms with van der Waals surface area (Å²) in [7, 11) is 0. The third-order valence-electron chi connectivity index (χ3n) is 7.18. The molecule has 6 rings (SSSR count). The number of nitrogens with one attached hydrogen (secondary N) is 1. The van der Waals surface area contributed by atoms with Crippen molar-refractivity contribution >= 4 is 22.7 Å². The Hall–Kier alpha value is -4.00. The van der Waals surface area contributed by atoms with E-state index in [0.29, 0.717) is 35.8 Å². The van der Waals surface area contributed by atoms with Crippen molar-refractivity contribution in [2.24, 2.45) is 0 Å². The van der Waals surface area contributed by atoms with E-state index in [2.05, 4.69) is 4.98 Å². The number of fused-ring (bicyclic) bond motifs is 4. The van der Waals surface area contributed by atoms with Gasteiger partial charge >= 0.3 is 5.97 Å². The summed E-state index contributed by atoms with van der Waals surface area (Å²) >= 11 is 0. The zero-order valence-corrected chi connectivity index (χ0v) is 20.5. The summed E-state index contributed by atoms with van der Waals surface area (Å²) in [6, 6.07) is 13.1. The van der Waals surface area contributed by atoms with Crippen molar-refractivity contribution in [2.45, 2.75) is 39.5 Å². The van der Waals surface area contributed by atoms with Gasteiger partial charge in [0.25, 0.3) is 0 Å². The molecule has 36 heavy (non-hydrogen) atoms. The van der Waals surface area contributed by atoms with E-state index in [-0.39, 0.29) is 12.4 Å². The Morgan fingerprint density at radius 2 is 1.78 bits per heavy atom. The lowest BCUT2D eigenvalue weighted by molar-refractivity contribution is 0.0474. The Labute approximate surface area is 209 Å². The first-order valence-electron chi connectivity index (χ1n) is 12.4. The number of nitrogens with zero attached hydrogens (tertiary/aromatic N) is 1. The molecule has 1 aliphatic heterocycles. The largest absolute Gasteiger partial charge is 0.486 e. The third kappa shape index (κ3) is 3.85. The monoisotopic (exact) mass is 484 g/mol. The van der Waals surface area contributed by atoms with Gasteiger partial charge in [0.05, 0.1) is 5.56 Å². The van der Waals surface area contributed by atoms with Crippen LogP contribution in [0.3, 0.4) is 0 Å². The standard InChI is InChI=1S/C29H28N2O5/c1-17-13-22(18(2)31(17)20-8-10-27-28(15-20)35-12-11-34-27)26(32)16-36-29(33)19-7-9-25-23(14-19)21-5-3-4-6-24(21)30-25/h7-10,13-15,30H,3-6,11-12,16H2,1-2H3. The van der Waals surface area contributed by atoms with Crippen LogP contribution < -0.4 is 9.47 Å². The van der Waals surface area contributed by atoms with E-state index in [9.17, 15) is 9.59 Å². The fraction of sp³-hybridized carbons (Fsp3) is 0.310. The molecule has 0 saturated heterocycles. The lowest BCUT2D eigenvalue weighted by atomic mass is 9.95. The summed E-state index contributed by atoms with van der Waals surface area (Å²) in [6.07, 6.45) is 4.41. The van der Waals surface area contributed by atoms with Crippen molar-refractivity contribution in [1.82, 2.24) is 9.55 Å². The van der Waals surface area contributed by atoms with Gasteiger partial charge in [0.15, 0.2) is 18.1 Å². The Morgan fingerprint density at radius 3 is 2.64 bits per heavy atom. The maximum Gasteiger partial charge on any atom is 0.338 e. The summed E-state index contributed by atoms with van der Waals surface area (Å²) in [5.41, 5.74) is 7.18. The van der Waals surface area contributed by atoms with Gasteiger partial charge in [0.2, 0.25) is 5.78 Å². The van der Waals surface area contributed by atoms with Crippen molar-refractivity contribution < 1.29 is 23.8 Å². The number of ether oxygens (including phenoxy) is 3. The van der Waals surface area contributed by atoms with Gasteiger partial charge in [0, 0.05) is 45.3 Å². The van der Waals surface area contributed by atoms with E-state index in [1.165, 1.54) is 17.7 Å². The summed E-state index contributed by atoms with van der Waals surface area (Å²) in [5, 5.41) is 1.08. The summed E-state index contributed by atoms with van der Waals surface area (Å²) < 4.78 is 18.8. The highest BCUT2D eigenvalue weighted by molar-refractivity contribution is 6.01. The fourth-order valence-electron chi connectivity index (χ4n) is 5.44. The number of ketones is 1. The number of benzene rings is 2. The number of hydrogen-bond donors (Lipinski definition) is 1. The molecule has 0 unspecified atom stereocenters. The molecule has 0 radical (unpaired) electrons. The topological polar surface area (TPSA) is 82.6 Å². The molecule has 1 N–H and O–H groups in total. The second-order valence-corrected chi connectivity index (χ2v) is 9.50. The average Bonchev–Trinajstić information content (AvgIpc) is 3.42. The molecule has 0 fully saturated rings. The van der Waals surface area contributed by atoms with Crippen LogP contribution in [0.15, 0.2) is 42.5 Å². The third-order valence-corrected chi connectivity index (χ3v) is 7.18. The molecule has 0 saturated carbocycles. The van der Waals surface area contributed by atoms with Crippen molar-refractivity contribution in [1.29, 1.82) is 0 Å². The van der Waals surface area contributed by atoms with Crippen molar-refractivity contribution in [2.75, 3.05) is 19.8 Å². The van der Waals surface area contributed by atoms with Gasteiger partial charge in [-0.2, -0.15) is 0 Å². The van der Waals surface area contributed by atoms with Gasteiger partial charge in [-0.3, -0.25) is 4.79 Å². The number of carbonyl (C=O) groups is 2. The molecule has 2 aromatic carbocycles. The molecule has 0 amide bonds. The zero-order valence-electron chi connectivity index (χ0n) is 20.5. The fourth-order valence-corrected chi connectivity index (χ4v) is 5.44. The molecule has 7 heteroatoms. The minimum atomic E-state index is -0.489. The second-order valence-electron chi connectivity index (χ2n) is 9.50. The highest BCUT2D eigenvalue weighted by atomic mass is 16.6. The molecule has 3 heterocycles.